The summed E-state index contributed by atoms with van der Waals surface area (Å²) in [7, 11) is 0. The van der Waals surface area contributed by atoms with Gasteiger partial charge in [-0.05, 0) is 43.2 Å². The quantitative estimate of drug-likeness (QED) is 0.710. The summed E-state index contributed by atoms with van der Waals surface area (Å²) in [5.41, 5.74) is 2.29. The summed E-state index contributed by atoms with van der Waals surface area (Å²) in [6.07, 6.45) is 3.06. The molecule has 1 saturated carbocycles. The molecule has 2 heteroatoms. The van der Waals surface area contributed by atoms with Crippen molar-refractivity contribution in [1.29, 1.82) is 0 Å². The highest BCUT2D eigenvalue weighted by molar-refractivity contribution is 5.86. The Kier molecular flexibility index (Phi) is 2.06. The van der Waals surface area contributed by atoms with Gasteiger partial charge in [0.05, 0.1) is 12.0 Å². The molecule has 1 aromatic carbocycles. The first-order valence-corrected chi connectivity index (χ1v) is 6.04. The van der Waals surface area contributed by atoms with Crippen LogP contribution in [-0.4, -0.2) is 12.6 Å². The molecule has 2 unspecified atom stereocenters. The third-order valence-electron chi connectivity index (χ3n) is 4.10. The highest BCUT2D eigenvalue weighted by Gasteiger charge is 2.54. The van der Waals surface area contributed by atoms with E-state index < -0.39 is 0 Å². The molecular formula is C14H16O2. The van der Waals surface area contributed by atoms with E-state index in [1.54, 1.807) is 0 Å². The molecule has 2 atom stereocenters. The first kappa shape index (κ1) is 9.88. The van der Waals surface area contributed by atoms with Gasteiger partial charge in [0, 0.05) is 0 Å². The average molecular weight is 216 g/mol. The van der Waals surface area contributed by atoms with Gasteiger partial charge in [-0.15, -0.1) is 0 Å². The molecule has 0 spiro atoms. The molecule has 84 valence electrons. The Labute approximate surface area is 95.6 Å². The van der Waals surface area contributed by atoms with E-state index in [4.69, 9.17) is 4.74 Å². The standard InChI is InChI=1S/C14H16O2/c1-2-16-13(15)14-8-7-10(9-14)11-5-3-4-6-12(11)14/h3-6,10H,2,7-9H2,1H3. The van der Waals surface area contributed by atoms with Crippen LogP contribution in [0.15, 0.2) is 24.3 Å². The van der Waals surface area contributed by atoms with Crippen molar-refractivity contribution in [1.82, 2.24) is 0 Å². The van der Waals surface area contributed by atoms with E-state index in [2.05, 4.69) is 18.2 Å². The van der Waals surface area contributed by atoms with Gasteiger partial charge >= 0.3 is 5.97 Å². The predicted octanol–water partition coefficient (Wildman–Crippen LogP) is 2.77. The van der Waals surface area contributed by atoms with Crippen LogP contribution in [0.1, 0.15) is 43.2 Å². The molecule has 0 aliphatic heterocycles. The fourth-order valence-electron chi connectivity index (χ4n) is 3.41. The van der Waals surface area contributed by atoms with Gasteiger partial charge in [0.15, 0.2) is 0 Å². The number of rotatable bonds is 2. The number of fused-ring (bicyclic) bond motifs is 5. The van der Waals surface area contributed by atoms with E-state index in [9.17, 15) is 4.79 Å². The van der Waals surface area contributed by atoms with Crippen molar-refractivity contribution in [2.45, 2.75) is 37.5 Å². The second-order valence-electron chi connectivity index (χ2n) is 4.83. The number of carbonyl (C=O) groups excluding carboxylic acids is 1. The zero-order valence-corrected chi connectivity index (χ0v) is 9.53. The van der Waals surface area contributed by atoms with Gasteiger partial charge in [-0.2, -0.15) is 0 Å². The first-order chi connectivity index (χ1) is 7.78. The van der Waals surface area contributed by atoms with Gasteiger partial charge < -0.3 is 4.74 Å². The number of hydrogen-bond donors (Lipinski definition) is 0. The molecule has 0 heterocycles. The number of benzene rings is 1. The average Bonchev–Trinajstić information content (AvgIpc) is 2.88. The van der Waals surface area contributed by atoms with Crippen molar-refractivity contribution in [3.63, 3.8) is 0 Å². The van der Waals surface area contributed by atoms with Crippen molar-refractivity contribution in [3.8, 4) is 0 Å². The lowest BCUT2D eigenvalue weighted by atomic mass is 9.79. The Hall–Kier alpha value is -1.31. The Morgan fingerprint density at radius 3 is 3.12 bits per heavy atom. The van der Waals surface area contributed by atoms with Gasteiger partial charge in [0.1, 0.15) is 0 Å². The normalized spacial score (nSPS) is 30.2. The maximum Gasteiger partial charge on any atom is 0.316 e. The lowest BCUT2D eigenvalue weighted by Gasteiger charge is -2.26. The second kappa shape index (κ2) is 3.34. The molecule has 1 aromatic rings. The largest absolute Gasteiger partial charge is 0.465 e. The van der Waals surface area contributed by atoms with Crippen LogP contribution in [-0.2, 0) is 14.9 Å². The minimum absolute atomic E-state index is 0.0116. The van der Waals surface area contributed by atoms with E-state index in [0.29, 0.717) is 12.5 Å². The lowest BCUT2D eigenvalue weighted by Crippen LogP contribution is -2.33. The Morgan fingerprint density at radius 2 is 2.31 bits per heavy atom. The number of carbonyl (C=O) groups is 1. The maximum absolute atomic E-state index is 12.2. The minimum atomic E-state index is -0.308. The first-order valence-electron chi connectivity index (χ1n) is 6.04. The highest BCUT2D eigenvalue weighted by Crippen LogP contribution is 2.57. The van der Waals surface area contributed by atoms with Crippen LogP contribution in [0.3, 0.4) is 0 Å². The lowest BCUT2D eigenvalue weighted by molar-refractivity contribution is -0.149. The van der Waals surface area contributed by atoms with Crippen LogP contribution < -0.4 is 0 Å². The fraction of sp³-hybridized carbons (Fsp3) is 0.500. The molecule has 16 heavy (non-hydrogen) atoms. The summed E-state index contributed by atoms with van der Waals surface area (Å²) in [4.78, 5) is 12.2. The van der Waals surface area contributed by atoms with E-state index in [0.717, 1.165) is 19.3 Å². The molecule has 2 aliphatic rings. The summed E-state index contributed by atoms with van der Waals surface area (Å²) >= 11 is 0. The van der Waals surface area contributed by atoms with Crippen molar-refractivity contribution >= 4 is 5.97 Å². The minimum Gasteiger partial charge on any atom is -0.465 e. The molecule has 0 aromatic heterocycles. The summed E-state index contributed by atoms with van der Waals surface area (Å²) in [5, 5.41) is 0. The Bertz CT molecular complexity index is 438. The molecular weight excluding hydrogens is 200 g/mol. The van der Waals surface area contributed by atoms with Crippen LogP contribution in [0.5, 0.6) is 0 Å². The maximum atomic E-state index is 12.2. The fourth-order valence-corrected chi connectivity index (χ4v) is 3.41. The van der Waals surface area contributed by atoms with E-state index in [1.807, 2.05) is 13.0 Å². The molecule has 2 aliphatic carbocycles. The topological polar surface area (TPSA) is 26.3 Å². The smallest absolute Gasteiger partial charge is 0.316 e. The van der Waals surface area contributed by atoms with Gasteiger partial charge in [-0.1, -0.05) is 24.3 Å². The SMILES string of the molecule is CCOC(=O)C12CCC(C1)c1ccccc12. The third kappa shape index (κ3) is 1.10. The molecule has 0 N–H and O–H groups in total. The van der Waals surface area contributed by atoms with Crippen LogP contribution in [0.2, 0.25) is 0 Å². The van der Waals surface area contributed by atoms with E-state index in [-0.39, 0.29) is 11.4 Å². The zero-order valence-electron chi connectivity index (χ0n) is 9.53. The Morgan fingerprint density at radius 1 is 1.50 bits per heavy atom. The highest BCUT2D eigenvalue weighted by atomic mass is 16.5. The van der Waals surface area contributed by atoms with Crippen molar-refractivity contribution in [2.24, 2.45) is 0 Å². The summed E-state index contributed by atoms with van der Waals surface area (Å²) in [6.45, 7) is 2.36. The van der Waals surface area contributed by atoms with E-state index >= 15 is 0 Å². The predicted molar refractivity (Wildman–Crippen MR) is 61.3 cm³/mol. The third-order valence-corrected chi connectivity index (χ3v) is 4.10. The van der Waals surface area contributed by atoms with Gasteiger partial charge in [0.25, 0.3) is 0 Å². The van der Waals surface area contributed by atoms with Crippen molar-refractivity contribution < 1.29 is 9.53 Å². The molecule has 3 rings (SSSR count). The van der Waals surface area contributed by atoms with Gasteiger partial charge in [0.2, 0.25) is 0 Å². The van der Waals surface area contributed by atoms with Crippen molar-refractivity contribution in [3.05, 3.63) is 35.4 Å². The van der Waals surface area contributed by atoms with Gasteiger partial charge in [-0.3, -0.25) is 4.79 Å². The molecule has 0 amide bonds. The van der Waals surface area contributed by atoms with Crippen LogP contribution >= 0.6 is 0 Å². The molecule has 0 radical (unpaired) electrons. The zero-order chi connectivity index (χ0) is 11.2. The molecule has 2 nitrogen and oxygen atoms in total. The number of hydrogen-bond acceptors (Lipinski definition) is 2. The van der Waals surface area contributed by atoms with Crippen LogP contribution in [0, 0.1) is 0 Å². The monoisotopic (exact) mass is 216 g/mol. The second-order valence-corrected chi connectivity index (χ2v) is 4.83. The molecule has 1 fully saturated rings. The van der Waals surface area contributed by atoms with Crippen LogP contribution in [0.25, 0.3) is 0 Å². The Balaban J connectivity index is 2.07. The van der Waals surface area contributed by atoms with E-state index in [1.165, 1.54) is 11.1 Å². The van der Waals surface area contributed by atoms with Crippen molar-refractivity contribution in [2.75, 3.05) is 6.61 Å². The number of esters is 1. The van der Waals surface area contributed by atoms with Gasteiger partial charge in [-0.25, -0.2) is 0 Å². The molecule has 0 saturated heterocycles. The molecule has 2 bridgehead atoms. The number of ether oxygens (including phenoxy) is 1. The summed E-state index contributed by atoms with van der Waals surface area (Å²) in [6, 6.07) is 8.37. The summed E-state index contributed by atoms with van der Waals surface area (Å²) < 4.78 is 5.26. The summed E-state index contributed by atoms with van der Waals surface area (Å²) in [5.74, 6) is 0.572. The van der Waals surface area contributed by atoms with Crippen LogP contribution in [0.4, 0.5) is 0 Å².